The number of nitrogens with zero attached hydrogens (tertiary/aromatic N) is 2. The molecule has 27 heavy (non-hydrogen) atoms. The normalized spacial score (nSPS) is 18.9. The minimum absolute atomic E-state index is 0.391. The largest absolute Gasteiger partial charge is 0.444 e. The van der Waals surface area contributed by atoms with Crippen molar-refractivity contribution in [3.05, 3.63) is 0 Å². The van der Waals surface area contributed by atoms with Crippen LogP contribution >= 0.6 is 0 Å². The van der Waals surface area contributed by atoms with E-state index in [0.717, 1.165) is 31.5 Å². The van der Waals surface area contributed by atoms with Crippen molar-refractivity contribution in [2.75, 3.05) is 39.3 Å². The van der Waals surface area contributed by atoms with E-state index in [9.17, 15) is 4.79 Å². The third-order valence-corrected chi connectivity index (χ3v) is 4.49. The van der Waals surface area contributed by atoms with Crippen LogP contribution in [0.15, 0.2) is 4.99 Å². The maximum Gasteiger partial charge on any atom is 0.407 e. The molecule has 1 unspecified atom stereocenters. The quantitative estimate of drug-likeness (QED) is 0.324. The molecule has 3 N–H and O–H groups in total. The Hall–Kier alpha value is -1.50. The van der Waals surface area contributed by atoms with E-state index < -0.39 is 11.7 Å². The molecular formula is C20H41N5O2. The minimum Gasteiger partial charge on any atom is -0.444 e. The maximum absolute atomic E-state index is 11.6. The van der Waals surface area contributed by atoms with Crippen molar-refractivity contribution in [3.63, 3.8) is 0 Å². The highest BCUT2D eigenvalue weighted by molar-refractivity contribution is 5.79. The average molecular weight is 384 g/mol. The molecule has 1 aliphatic heterocycles. The van der Waals surface area contributed by atoms with E-state index in [2.05, 4.69) is 32.8 Å². The van der Waals surface area contributed by atoms with Crippen LogP contribution in [0.1, 0.15) is 66.7 Å². The molecule has 1 aliphatic rings. The van der Waals surface area contributed by atoms with Crippen LogP contribution in [0, 0.1) is 0 Å². The molecule has 7 heteroatoms. The Kier molecular flexibility index (Phi) is 11.2. The Balaban J connectivity index is 2.18. The Morgan fingerprint density at radius 3 is 2.56 bits per heavy atom. The molecule has 0 aliphatic carbocycles. The minimum atomic E-state index is -0.472. The van der Waals surface area contributed by atoms with Crippen molar-refractivity contribution in [1.82, 2.24) is 20.9 Å². The van der Waals surface area contributed by atoms with Crippen LogP contribution < -0.4 is 16.0 Å². The van der Waals surface area contributed by atoms with Gasteiger partial charge in [0.1, 0.15) is 5.60 Å². The number of amides is 1. The number of hydrogen-bond acceptors (Lipinski definition) is 4. The molecule has 1 amide bonds. The van der Waals surface area contributed by atoms with Gasteiger partial charge in [0, 0.05) is 32.2 Å². The first-order valence-corrected chi connectivity index (χ1v) is 10.5. The van der Waals surface area contributed by atoms with Crippen LogP contribution in [0.2, 0.25) is 0 Å². The summed E-state index contributed by atoms with van der Waals surface area (Å²) in [4.78, 5) is 18.8. The summed E-state index contributed by atoms with van der Waals surface area (Å²) in [5.41, 5.74) is -0.472. The summed E-state index contributed by atoms with van der Waals surface area (Å²) < 4.78 is 5.21. The number of hydrogen-bond donors (Lipinski definition) is 3. The fourth-order valence-electron chi connectivity index (χ4n) is 3.11. The third-order valence-electron chi connectivity index (χ3n) is 4.49. The number of piperidine rings is 1. The van der Waals surface area contributed by atoms with Gasteiger partial charge in [-0.3, -0.25) is 4.99 Å². The maximum atomic E-state index is 11.6. The number of unbranched alkanes of at least 4 members (excludes halogenated alkanes) is 1. The second kappa shape index (κ2) is 12.8. The number of aliphatic imine (C=N–C) groups is 1. The molecule has 0 saturated carbocycles. The van der Waals surface area contributed by atoms with E-state index in [1.54, 1.807) is 0 Å². The zero-order chi connectivity index (χ0) is 20.1. The number of guanidine groups is 1. The van der Waals surface area contributed by atoms with Crippen LogP contribution in [0.4, 0.5) is 4.79 Å². The van der Waals surface area contributed by atoms with Crippen molar-refractivity contribution in [1.29, 1.82) is 0 Å². The molecule has 1 fully saturated rings. The summed E-state index contributed by atoms with van der Waals surface area (Å²) >= 11 is 0. The first-order chi connectivity index (χ1) is 12.8. The monoisotopic (exact) mass is 383 g/mol. The summed E-state index contributed by atoms with van der Waals surface area (Å²) in [6.45, 7) is 15.1. The molecule has 158 valence electrons. The van der Waals surface area contributed by atoms with Gasteiger partial charge in [0.15, 0.2) is 5.96 Å². The molecule has 0 aromatic heterocycles. The fraction of sp³-hybridized carbons (Fsp3) is 0.900. The van der Waals surface area contributed by atoms with Gasteiger partial charge in [-0.1, -0.05) is 6.42 Å². The van der Waals surface area contributed by atoms with Crippen LogP contribution in [0.3, 0.4) is 0 Å². The molecule has 1 saturated heterocycles. The number of likely N-dealkylation sites (tertiary alicyclic amines) is 1. The van der Waals surface area contributed by atoms with Crippen molar-refractivity contribution in [2.24, 2.45) is 4.99 Å². The molecule has 7 nitrogen and oxygen atoms in total. The first-order valence-electron chi connectivity index (χ1n) is 10.5. The van der Waals surface area contributed by atoms with Crippen molar-refractivity contribution >= 4 is 12.1 Å². The summed E-state index contributed by atoms with van der Waals surface area (Å²) in [6.07, 6.45) is 5.95. The second-order valence-corrected chi connectivity index (χ2v) is 8.20. The highest BCUT2D eigenvalue weighted by Crippen LogP contribution is 2.16. The second-order valence-electron chi connectivity index (χ2n) is 8.20. The highest BCUT2D eigenvalue weighted by Gasteiger charge is 2.17. The smallest absolute Gasteiger partial charge is 0.407 e. The Bertz CT molecular complexity index is 448. The number of carbonyl (C=O) groups excluding carboxylic acids is 1. The van der Waals surface area contributed by atoms with E-state index >= 15 is 0 Å². The molecule has 0 radical (unpaired) electrons. The lowest BCUT2D eigenvalue weighted by Crippen LogP contribution is -2.42. The Morgan fingerprint density at radius 2 is 1.89 bits per heavy atom. The number of nitrogens with one attached hydrogen (secondary N) is 3. The lowest BCUT2D eigenvalue weighted by atomic mass is 10.0. The van der Waals surface area contributed by atoms with E-state index in [0.29, 0.717) is 13.1 Å². The van der Waals surface area contributed by atoms with Crippen LogP contribution in [0.5, 0.6) is 0 Å². The van der Waals surface area contributed by atoms with Gasteiger partial charge in [-0.15, -0.1) is 0 Å². The van der Waals surface area contributed by atoms with Gasteiger partial charge in [0.2, 0.25) is 0 Å². The summed E-state index contributed by atoms with van der Waals surface area (Å²) in [5, 5.41) is 9.23. The topological polar surface area (TPSA) is 78.0 Å². The zero-order valence-electron chi connectivity index (χ0n) is 18.1. The number of carbonyl (C=O) groups is 1. The van der Waals surface area contributed by atoms with Crippen molar-refractivity contribution in [3.8, 4) is 0 Å². The molecule has 0 spiro atoms. The molecule has 1 atom stereocenters. The fourth-order valence-corrected chi connectivity index (χ4v) is 3.11. The number of alkyl carbamates (subject to hydrolysis) is 1. The lowest BCUT2D eigenvalue weighted by molar-refractivity contribution is 0.0529. The Labute approximate surface area is 165 Å². The molecule has 0 aromatic carbocycles. The van der Waals surface area contributed by atoms with E-state index in [1.165, 1.54) is 38.8 Å². The van der Waals surface area contributed by atoms with Crippen LogP contribution in [0.25, 0.3) is 0 Å². The molecular weight excluding hydrogens is 342 g/mol. The van der Waals surface area contributed by atoms with Crippen LogP contribution in [-0.4, -0.2) is 67.9 Å². The molecule has 0 bridgehead atoms. The first kappa shape index (κ1) is 23.5. The Morgan fingerprint density at radius 1 is 1.15 bits per heavy atom. The van der Waals surface area contributed by atoms with E-state index in [-0.39, 0.29) is 0 Å². The highest BCUT2D eigenvalue weighted by atomic mass is 16.6. The van der Waals surface area contributed by atoms with Gasteiger partial charge in [0.05, 0.1) is 0 Å². The van der Waals surface area contributed by atoms with Crippen molar-refractivity contribution in [2.45, 2.75) is 78.4 Å². The molecule has 1 heterocycles. The predicted octanol–water partition coefficient (Wildman–Crippen LogP) is 2.72. The SMILES string of the molecule is CCNC(=NCCCCN1CCCCC1C)NCCNC(=O)OC(C)(C)C. The summed E-state index contributed by atoms with van der Waals surface area (Å²) in [6, 6.07) is 0.735. The van der Waals surface area contributed by atoms with Gasteiger partial charge in [-0.25, -0.2) is 4.79 Å². The zero-order valence-corrected chi connectivity index (χ0v) is 18.1. The third kappa shape index (κ3) is 11.7. The number of rotatable bonds is 9. The van der Waals surface area contributed by atoms with E-state index in [1.807, 2.05) is 27.7 Å². The molecule has 1 rings (SSSR count). The van der Waals surface area contributed by atoms with Crippen LogP contribution in [-0.2, 0) is 4.74 Å². The van der Waals surface area contributed by atoms with Gasteiger partial charge >= 0.3 is 6.09 Å². The number of ether oxygens (including phenoxy) is 1. The lowest BCUT2D eigenvalue weighted by Gasteiger charge is -2.33. The summed E-state index contributed by atoms with van der Waals surface area (Å²) in [7, 11) is 0. The van der Waals surface area contributed by atoms with Gasteiger partial charge in [-0.2, -0.15) is 0 Å². The average Bonchev–Trinajstić information content (AvgIpc) is 2.58. The van der Waals surface area contributed by atoms with Gasteiger partial charge < -0.3 is 25.6 Å². The molecule has 0 aromatic rings. The predicted molar refractivity (Wildman–Crippen MR) is 112 cm³/mol. The van der Waals surface area contributed by atoms with Gasteiger partial charge in [0.25, 0.3) is 0 Å². The van der Waals surface area contributed by atoms with Gasteiger partial charge in [-0.05, 0) is 73.4 Å². The summed E-state index contributed by atoms with van der Waals surface area (Å²) in [5.74, 6) is 0.801. The van der Waals surface area contributed by atoms with Crippen molar-refractivity contribution < 1.29 is 9.53 Å². The standard InChI is InChI=1S/C20H41N5O2/c1-6-21-18(23-13-14-24-19(26)27-20(3,4)5)22-12-8-10-16-25-15-9-7-11-17(25)2/h17H,6-16H2,1-5H3,(H,24,26)(H2,21,22,23). The van der Waals surface area contributed by atoms with E-state index in [4.69, 9.17) is 4.74 Å².